The highest BCUT2D eigenvalue weighted by Gasteiger charge is 2.13. The van der Waals surface area contributed by atoms with Gasteiger partial charge in [-0.15, -0.1) is 0 Å². The minimum Gasteiger partial charge on any atom is -0.478 e. The number of amides is 2. The van der Waals surface area contributed by atoms with E-state index in [1.807, 2.05) is 26.0 Å². The Bertz CT molecular complexity index is 796. The molecule has 2 aromatic carbocycles. The van der Waals surface area contributed by atoms with Gasteiger partial charge in [-0.3, -0.25) is 9.59 Å². The highest BCUT2D eigenvalue weighted by molar-refractivity contribution is 6.04. The molecule has 2 rings (SSSR count). The van der Waals surface area contributed by atoms with Crippen molar-refractivity contribution in [3.63, 3.8) is 0 Å². The largest absolute Gasteiger partial charge is 0.478 e. The van der Waals surface area contributed by atoms with E-state index < -0.39 is 5.97 Å². The number of carbonyl (C=O) groups is 3. The van der Waals surface area contributed by atoms with Crippen molar-refractivity contribution in [2.24, 2.45) is 0 Å². The average Bonchev–Trinajstić information content (AvgIpc) is 2.60. The summed E-state index contributed by atoms with van der Waals surface area (Å²) in [7, 11) is 0. The number of nitrogens with one attached hydrogen (secondary N) is 1. The van der Waals surface area contributed by atoms with E-state index in [0.29, 0.717) is 17.8 Å². The average molecular weight is 354 g/mol. The van der Waals surface area contributed by atoms with Gasteiger partial charge in [0.2, 0.25) is 5.91 Å². The first-order chi connectivity index (χ1) is 12.3. The molecule has 0 atom stereocenters. The van der Waals surface area contributed by atoms with Crippen molar-refractivity contribution in [2.75, 3.05) is 5.32 Å². The third-order valence-electron chi connectivity index (χ3n) is 3.99. The van der Waals surface area contributed by atoms with Crippen LogP contribution in [0.25, 0.3) is 0 Å². The molecule has 0 heterocycles. The quantitative estimate of drug-likeness (QED) is 0.832. The normalized spacial score (nSPS) is 10.5. The van der Waals surface area contributed by atoms with Crippen LogP contribution >= 0.6 is 0 Å². The standard InChI is InChI=1S/C20H22N2O4/c1-13(2)22(14(3)23)12-15-4-10-18(11-5-15)21-19(24)16-6-8-17(9-7-16)20(25)26/h4-11,13H,12H2,1-3H3,(H,21,24)(H,25,26). The molecule has 0 aromatic heterocycles. The molecule has 26 heavy (non-hydrogen) atoms. The SMILES string of the molecule is CC(=O)N(Cc1ccc(NC(=O)c2ccc(C(=O)O)cc2)cc1)C(C)C. The molecule has 0 fully saturated rings. The number of carboxylic acids is 1. The molecule has 2 amide bonds. The molecule has 0 radical (unpaired) electrons. The van der Waals surface area contributed by atoms with Gasteiger partial charge in [0.1, 0.15) is 0 Å². The molecule has 0 saturated carbocycles. The van der Waals surface area contributed by atoms with Crippen molar-refractivity contribution < 1.29 is 19.5 Å². The summed E-state index contributed by atoms with van der Waals surface area (Å²) in [5.74, 6) is -1.34. The Balaban J connectivity index is 2.03. The molecule has 0 aliphatic rings. The van der Waals surface area contributed by atoms with Crippen LogP contribution in [0.5, 0.6) is 0 Å². The number of rotatable bonds is 6. The Hall–Kier alpha value is -3.15. The van der Waals surface area contributed by atoms with E-state index in [4.69, 9.17) is 5.11 Å². The number of nitrogens with zero attached hydrogens (tertiary/aromatic N) is 1. The third-order valence-corrected chi connectivity index (χ3v) is 3.99. The summed E-state index contributed by atoms with van der Waals surface area (Å²) >= 11 is 0. The maximum atomic E-state index is 12.2. The molecule has 0 unspecified atom stereocenters. The predicted octanol–water partition coefficient (Wildman–Crippen LogP) is 3.39. The summed E-state index contributed by atoms with van der Waals surface area (Å²) in [4.78, 5) is 36.5. The zero-order chi connectivity index (χ0) is 19.3. The second kappa shape index (κ2) is 8.29. The van der Waals surface area contributed by atoms with Gasteiger partial charge < -0.3 is 15.3 Å². The maximum absolute atomic E-state index is 12.2. The fourth-order valence-corrected chi connectivity index (χ4v) is 2.52. The van der Waals surface area contributed by atoms with Crippen molar-refractivity contribution in [2.45, 2.75) is 33.4 Å². The van der Waals surface area contributed by atoms with Crippen LogP contribution in [0.4, 0.5) is 5.69 Å². The number of anilines is 1. The number of aromatic carboxylic acids is 1. The molecule has 2 aromatic rings. The van der Waals surface area contributed by atoms with Crippen LogP contribution in [-0.4, -0.2) is 33.8 Å². The highest BCUT2D eigenvalue weighted by atomic mass is 16.4. The summed E-state index contributed by atoms with van der Waals surface area (Å²) in [6.45, 7) is 5.99. The lowest BCUT2D eigenvalue weighted by Crippen LogP contribution is -2.34. The molecule has 0 bridgehead atoms. The van der Waals surface area contributed by atoms with E-state index in [9.17, 15) is 14.4 Å². The van der Waals surface area contributed by atoms with Gasteiger partial charge in [-0.2, -0.15) is 0 Å². The van der Waals surface area contributed by atoms with E-state index in [-0.39, 0.29) is 23.4 Å². The molecule has 6 heteroatoms. The van der Waals surface area contributed by atoms with Gasteiger partial charge in [0.25, 0.3) is 5.91 Å². The number of hydrogen-bond donors (Lipinski definition) is 2. The number of benzene rings is 2. The van der Waals surface area contributed by atoms with Crippen molar-refractivity contribution in [1.82, 2.24) is 4.90 Å². The predicted molar refractivity (Wildman–Crippen MR) is 99.2 cm³/mol. The van der Waals surface area contributed by atoms with Gasteiger partial charge in [0.05, 0.1) is 5.56 Å². The zero-order valence-electron chi connectivity index (χ0n) is 15.0. The molecule has 136 valence electrons. The summed E-state index contributed by atoms with van der Waals surface area (Å²) in [6.07, 6.45) is 0. The lowest BCUT2D eigenvalue weighted by Gasteiger charge is -2.25. The Morgan fingerprint density at radius 3 is 1.96 bits per heavy atom. The second-order valence-corrected chi connectivity index (χ2v) is 6.27. The van der Waals surface area contributed by atoms with Crippen molar-refractivity contribution in [3.8, 4) is 0 Å². The van der Waals surface area contributed by atoms with Crippen molar-refractivity contribution >= 4 is 23.5 Å². The molecule has 6 nitrogen and oxygen atoms in total. The second-order valence-electron chi connectivity index (χ2n) is 6.27. The van der Waals surface area contributed by atoms with Crippen LogP contribution in [0.15, 0.2) is 48.5 Å². The van der Waals surface area contributed by atoms with E-state index in [1.165, 1.54) is 24.3 Å². The first kappa shape index (κ1) is 19.2. The zero-order valence-corrected chi connectivity index (χ0v) is 15.0. The highest BCUT2D eigenvalue weighted by Crippen LogP contribution is 2.15. The molecule has 0 aliphatic carbocycles. The van der Waals surface area contributed by atoms with Gasteiger partial charge in [-0.25, -0.2) is 4.79 Å². The molecular formula is C20H22N2O4. The summed E-state index contributed by atoms with van der Waals surface area (Å²) < 4.78 is 0. The van der Waals surface area contributed by atoms with Crippen LogP contribution < -0.4 is 5.32 Å². The number of hydrogen-bond acceptors (Lipinski definition) is 3. The van der Waals surface area contributed by atoms with Crippen LogP contribution in [0.1, 0.15) is 47.1 Å². The summed E-state index contributed by atoms with van der Waals surface area (Å²) in [5, 5.41) is 11.6. The Kier molecular flexibility index (Phi) is 6.11. The summed E-state index contributed by atoms with van der Waals surface area (Å²) in [6, 6.07) is 13.1. The van der Waals surface area contributed by atoms with Crippen molar-refractivity contribution in [3.05, 3.63) is 65.2 Å². The molecule has 0 spiro atoms. The molecule has 0 saturated heterocycles. The lowest BCUT2D eigenvalue weighted by atomic mass is 10.1. The van der Waals surface area contributed by atoms with E-state index >= 15 is 0 Å². The van der Waals surface area contributed by atoms with Gasteiger partial charge >= 0.3 is 5.97 Å². The molecule has 0 aliphatic heterocycles. The first-order valence-electron chi connectivity index (χ1n) is 8.29. The summed E-state index contributed by atoms with van der Waals surface area (Å²) in [5.41, 5.74) is 2.10. The third kappa shape index (κ3) is 4.92. The lowest BCUT2D eigenvalue weighted by molar-refractivity contribution is -0.131. The fraction of sp³-hybridized carbons (Fsp3) is 0.250. The maximum Gasteiger partial charge on any atom is 0.335 e. The van der Waals surface area contributed by atoms with Crippen LogP contribution in [0.2, 0.25) is 0 Å². The van der Waals surface area contributed by atoms with Crippen molar-refractivity contribution in [1.29, 1.82) is 0 Å². The van der Waals surface area contributed by atoms with Crippen LogP contribution in [-0.2, 0) is 11.3 Å². The van der Waals surface area contributed by atoms with Crippen LogP contribution in [0.3, 0.4) is 0 Å². The fourth-order valence-electron chi connectivity index (χ4n) is 2.52. The smallest absolute Gasteiger partial charge is 0.335 e. The Labute approximate surface area is 152 Å². The number of carbonyl (C=O) groups excluding carboxylic acids is 2. The van der Waals surface area contributed by atoms with Gasteiger partial charge in [-0.05, 0) is 55.8 Å². The molecular weight excluding hydrogens is 332 g/mol. The van der Waals surface area contributed by atoms with E-state index in [1.54, 1.807) is 24.0 Å². The van der Waals surface area contributed by atoms with Gasteiger partial charge in [-0.1, -0.05) is 12.1 Å². The van der Waals surface area contributed by atoms with E-state index in [2.05, 4.69) is 5.32 Å². The minimum atomic E-state index is -1.03. The monoisotopic (exact) mass is 354 g/mol. The minimum absolute atomic E-state index is 0.0159. The Morgan fingerprint density at radius 2 is 1.50 bits per heavy atom. The molecule has 2 N–H and O–H groups in total. The topological polar surface area (TPSA) is 86.7 Å². The van der Waals surface area contributed by atoms with Crippen LogP contribution in [0, 0.1) is 0 Å². The van der Waals surface area contributed by atoms with Gasteiger partial charge in [0.15, 0.2) is 0 Å². The van der Waals surface area contributed by atoms with E-state index in [0.717, 1.165) is 5.56 Å². The van der Waals surface area contributed by atoms with Gasteiger partial charge in [0, 0.05) is 30.8 Å². The first-order valence-corrected chi connectivity index (χ1v) is 8.29. The Morgan fingerprint density at radius 1 is 0.962 bits per heavy atom. The number of carboxylic acid groups (broad SMARTS) is 1.